The Balaban J connectivity index is 1.68. The highest BCUT2D eigenvalue weighted by Crippen LogP contribution is 2.10. The highest BCUT2D eigenvalue weighted by Gasteiger charge is 2.17. The lowest BCUT2D eigenvalue weighted by Crippen LogP contribution is -2.36. The van der Waals surface area contributed by atoms with Gasteiger partial charge in [-0.2, -0.15) is 0 Å². The topological polar surface area (TPSA) is 104 Å². The van der Waals surface area contributed by atoms with Gasteiger partial charge in [-0.25, -0.2) is 9.67 Å². The maximum absolute atomic E-state index is 12.1. The first-order valence-electron chi connectivity index (χ1n) is 6.78. The first-order valence-corrected chi connectivity index (χ1v) is 6.78. The van der Waals surface area contributed by atoms with Crippen molar-refractivity contribution in [1.82, 2.24) is 29.9 Å². The van der Waals surface area contributed by atoms with Crippen molar-refractivity contribution in [2.24, 2.45) is 7.05 Å². The third-order valence-corrected chi connectivity index (χ3v) is 3.44. The van der Waals surface area contributed by atoms with Crippen molar-refractivity contribution in [1.29, 1.82) is 0 Å². The zero-order valence-electron chi connectivity index (χ0n) is 11.7. The third kappa shape index (κ3) is 2.77. The number of aryl methyl sites for hydroxylation is 1. The average Bonchev–Trinajstić information content (AvgIpc) is 3.10. The summed E-state index contributed by atoms with van der Waals surface area (Å²) in [5.41, 5.74) is 0.184. The molecule has 0 aromatic carbocycles. The van der Waals surface area contributed by atoms with Crippen LogP contribution in [0.2, 0.25) is 0 Å². The van der Waals surface area contributed by atoms with Crippen molar-refractivity contribution < 1.29 is 9.53 Å². The van der Waals surface area contributed by atoms with E-state index in [1.165, 1.54) is 15.6 Å². The van der Waals surface area contributed by atoms with E-state index in [-0.39, 0.29) is 29.6 Å². The summed E-state index contributed by atoms with van der Waals surface area (Å²) < 4.78 is 8.06. The highest BCUT2D eigenvalue weighted by molar-refractivity contribution is 5.76. The maximum Gasteiger partial charge on any atom is 0.283 e. The van der Waals surface area contributed by atoms with Crippen LogP contribution in [-0.4, -0.2) is 49.7 Å². The number of rotatable bonds is 4. The van der Waals surface area contributed by atoms with Gasteiger partial charge >= 0.3 is 0 Å². The van der Waals surface area contributed by atoms with E-state index in [1.54, 1.807) is 7.05 Å². The van der Waals surface area contributed by atoms with E-state index in [1.807, 2.05) is 0 Å². The molecule has 1 saturated heterocycles. The van der Waals surface area contributed by atoms with Gasteiger partial charge in [-0.15, -0.1) is 5.10 Å². The van der Waals surface area contributed by atoms with E-state index in [0.29, 0.717) is 12.2 Å². The van der Waals surface area contributed by atoms with Crippen molar-refractivity contribution in [2.75, 3.05) is 13.2 Å². The number of amides is 1. The Morgan fingerprint density at radius 1 is 1.57 bits per heavy atom. The Hall–Kier alpha value is -2.29. The van der Waals surface area contributed by atoms with Crippen LogP contribution in [0.3, 0.4) is 0 Å². The second-order valence-corrected chi connectivity index (χ2v) is 5.00. The van der Waals surface area contributed by atoms with Gasteiger partial charge in [-0.05, 0) is 12.8 Å². The van der Waals surface area contributed by atoms with Gasteiger partial charge in [-0.1, -0.05) is 5.21 Å². The maximum atomic E-state index is 12.1. The lowest BCUT2D eigenvalue weighted by atomic mass is 10.2. The molecular weight excluding hydrogens is 276 g/mol. The van der Waals surface area contributed by atoms with Crippen LogP contribution in [-0.2, 0) is 23.1 Å². The predicted molar refractivity (Wildman–Crippen MR) is 72.5 cm³/mol. The number of carbonyl (C=O) groups excluding carboxylic acids is 1. The van der Waals surface area contributed by atoms with Gasteiger partial charge in [0.05, 0.1) is 6.10 Å². The Labute approximate surface area is 119 Å². The fourth-order valence-electron chi connectivity index (χ4n) is 2.30. The fourth-order valence-corrected chi connectivity index (χ4v) is 2.30. The minimum Gasteiger partial charge on any atom is -0.376 e. The fraction of sp³-hybridized carbons (Fsp3) is 0.583. The van der Waals surface area contributed by atoms with Crippen molar-refractivity contribution in [2.45, 2.75) is 25.5 Å². The molecule has 1 aliphatic heterocycles. The first-order chi connectivity index (χ1) is 10.1. The number of nitrogens with one attached hydrogen (secondary N) is 1. The molecule has 1 atom stereocenters. The summed E-state index contributed by atoms with van der Waals surface area (Å²) in [5.74, 6) is -0.252. The van der Waals surface area contributed by atoms with Crippen LogP contribution in [0.15, 0.2) is 11.1 Å². The van der Waals surface area contributed by atoms with Crippen LogP contribution < -0.4 is 10.9 Å². The van der Waals surface area contributed by atoms with E-state index in [0.717, 1.165) is 19.4 Å². The summed E-state index contributed by atoms with van der Waals surface area (Å²) in [4.78, 5) is 28.1. The number of hydrogen-bond acceptors (Lipinski definition) is 6. The first kappa shape index (κ1) is 13.7. The Kier molecular flexibility index (Phi) is 3.65. The highest BCUT2D eigenvalue weighted by atomic mass is 16.5. The number of hydrogen-bond donors (Lipinski definition) is 1. The molecule has 0 radical (unpaired) electrons. The SMILES string of the molecule is Cn1nnc2c(=O)n(CC(=O)NCC3CCCO3)cnc21. The van der Waals surface area contributed by atoms with Gasteiger partial charge in [0.2, 0.25) is 5.91 Å². The smallest absolute Gasteiger partial charge is 0.283 e. The summed E-state index contributed by atoms with van der Waals surface area (Å²) in [6.45, 7) is 1.12. The summed E-state index contributed by atoms with van der Waals surface area (Å²) in [6, 6.07) is 0. The standard InChI is InChI=1S/C12H16N6O3/c1-17-11-10(15-16-17)12(20)18(7-14-11)6-9(19)13-5-8-3-2-4-21-8/h7-8H,2-6H2,1H3,(H,13,19). The molecule has 3 rings (SSSR count). The van der Waals surface area contributed by atoms with Crippen molar-refractivity contribution in [3.63, 3.8) is 0 Å². The molecule has 1 aliphatic rings. The minimum absolute atomic E-state index is 0.0752. The van der Waals surface area contributed by atoms with Gasteiger partial charge in [0.1, 0.15) is 12.9 Å². The van der Waals surface area contributed by atoms with Crippen LogP contribution in [0.1, 0.15) is 12.8 Å². The van der Waals surface area contributed by atoms with Gasteiger partial charge < -0.3 is 10.1 Å². The summed E-state index contributed by atoms with van der Waals surface area (Å²) in [6.07, 6.45) is 3.38. The van der Waals surface area contributed by atoms with E-state index in [2.05, 4.69) is 20.6 Å². The minimum atomic E-state index is -0.375. The molecule has 2 aromatic rings. The molecule has 112 valence electrons. The quantitative estimate of drug-likeness (QED) is 0.760. The third-order valence-electron chi connectivity index (χ3n) is 3.44. The zero-order valence-corrected chi connectivity index (χ0v) is 11.7. The molecule has 9 nitrogen and oxygen atoms in total. The van der Waals surface area contributed by atoms with E-state index >= 15 is 0 Å². The summed E-state index contributed by atoms with van der Waals surface area (Å²) >= 11 is 0. The molecule has 1 unspecified atom stereocenters. The van der Waals surface area contributed by atoms with E-state index in [9.17, 15) is 9.59 Å². The van der Waals surface area contributed by atoms with Crippen molar-refractivity contribution >= 4 is 17.1 Å². The average molecular weight is 292 g/mol. The lowest BCUT2D eigenvalue weighted by molar-refractivity contribution is -0.122. The number of fused-ring (bicyclic) bond motifs is 1. The van der Waals surface area contributed by atoms with Crippen LogP contribution in [0.4, 0.5) is 0 Å². The molecule has 1 amide bonds. The van der Waals surface area contributed by atoms with Gasteiger partial charge in [-0.3, -0.25) is 14.2 Å². The molecule has 3 heterocycles. The van der Waals surface area contributed by atoms with Gasteiger partial charge in [0, 0.05) is 20.2 Å². The molecule has 0 aliphatic carbocycles. The Bertz CT molecular complexity index is 715. The molecule has 2 aromatic heterocycles. The Morgan fingerprint density at radius 3 is 3.19 bits per heavy atom. The molecule has 0 bridgehead atoms. The molecule has 0 saturated carbocycles. The van der Waals surface area contributed by atoms with Crippen LogP contribution >= 0.6 is 0 Å². The number of ether oxygens (including phenoxy) is 1. The van der Waals surface area contributed by atoms with Crippen LogP contribution in [0, 0.1) is 0 Å². The molecule has 9 heteroatoms. The monoisotopic (exact) mass is 292 g/mol. The lowest BCUT2D eigenvalue weighted by Gasteiger charge is -2.11. The van der Waals surface area contributed by atoms with Crippen molar-refractivity contribution in [3.05, 3.63) is 16.7 Å². The normalized spacial score (nSPS) is 18.2. The molecule has 21 heavy (non-hydrogen) atoms. The van der Waals surface area contributed by atoms with Gasteiger partial charge in [0.25, 0.3) is 5.56 Å². The molecule has 1 N–H and O–H groups in total. The largest absolute Gasteiger partial charge is 0.376 e. The number of carbonyl (C=O) groups is 1. The summed E-state index contributed by atoms with van der Waals surface area (Å²) in [5, 5.41) is 10.3. The second-order valence-electron chi connectivity index (χ2n) is 5.00. The van der Waals surface area contributed by atoms with Crippen LogP contribution in [0.25, 0.3) is 11.2 Å². The van der Waals surface area contributed by atoms with E-state index in [4.69, 9.17) is 4.74 Å². The Morgan fingerprint density at radius 2 is 2.43 bits per heavy atom. The predicted octanol–water partition coefficient (Wildman–Crippen LogP) is -1.18. The second kappa shape index (κ2) is 5.60. The number of aromatic nitrogens is 5. The zero-order chi connectivity index (χ0) is 14.8. The van der Waals surface area contributed by atoms with Crippen molar-refractivity contribution in [3.8, 4) is 0 Å². The molecule has 1 fully saturated rings. The summed E-state index contributed by atoms with van der Waals surface area (Å²) in [7, 11) is 1.65. The van der Waals surface area contributed by atoms with E-state index < -0.39 is 0 Å². The molecule has 0 spiro atoms. The van der Waals surface area contributed by atoms with Gasteiger partial charge in [0.15, 0.2) is 11.2 Å². The number of nitrogens with zero attached hydrogens (tertiary/aromatic N) is 5. The molecular formula is C12H16N6O3. The van der Waals surface area contributed by atoms with Crippen LogP contribution in [0.5, 0.6) is 0 Å².